The van der Waals surface area contributed by atoms with Crippen molar-refractivity contribution < 1.29 is 18.7 Å². The van der Waals surface area contributed by atoms with Crippen molar-refractivity contribution in [1.82, 2.24) is 5.32 Å². The van der Waals surface area contributed by atoms with Crippen LogP contribution in [0.5, 0.6) is 0 Å². The Morgan fingerprint density at radius 2 is 2.30 bits per heavy atom. The maximum atomic E-state index is 14.4. The van der Waals surface area contributed by atoms with E-state index < -0.39 is 6.09 Å². The Morgan fingerprint density at radius 1 is 1.52 bits per heavy atom. The molecule has 1 heterocycles. The SMILES string of the molecule is CCOCCN(C)c1ccc(N2C[C@H](CNC)OC2=O)cc1F. The summed E-state index contributed by atoms with van der Waals surface area (Å²) in [6.07, 6.45) is -0.661. The van der Waals surface area contributed by atoms with E-state index in [0.29, 0.717) is 44.2 Å². The highest BCUT2D eigenvalue weighted by Gasteiger charge is 2.32. The number of amides is 1. The van der Waals surface area contributed by atoms with Crippen LogP contribution < -0.4 is 15.1 Å². The lowest BCUT2D eigenvalue weighted by Gasteiger charge is -2.21. The van der Waals surface area contributed by atoms with Gasteiger partial charge in [0.25, 0.3) is 0 Å². The summed E-state index contributed by atoms with van der Waals surface area (Å²) in [5.74, 6) is -0.369. The number of ether oxygens (including phenoxy) is 2. The van der Waals surface area contributed by atoms with Gasteiger partial charge in [0.05, 0.1) is 24.5 Å². The van der Waals surface area contributed by atoms with E-state index in [1.54, 1.807) is 24.1 Å². The summed E-state index contributed by atoms with van der Waals surface area (Å²) in [6, 6.07) is 4.78. The van der Waals surface area contributed by atoms with Crippen molar-refractivity contribution in [3.05, 3.63) is 24.0 Å². The summed E-state index contributed by atoms with van der Waals surface area (Å²) < 4.78 is 24.9. The van der Waals surface area contributed by atoms with Crippen LogP contribution in [-0.4, -0.2) is 59.1 Å². The molecule has 1 fully saturated rings. The summed E-state index contributed by atoms with van der Waals surface area (Å²) in [7, 11) is 3.60. The zero-order chi connectivity index (χ0) is 16.8. The van der Waals surface area contributed by atoms with Crippen LogP contribution in [0.4, 0.5) is 20.6 Å². The lowest BCUT2D eigenvalue weighted by Crippen LogP contribution is -2.29. The lowest BCUT2D eigenvalue weighted by atomic mass is 10.2. The van der Waals surface area contributed by atoms with Gasteiger partial charge in [-0.05, 0) is 32.2 Å². The lowest BCUT2D eigenvalue weighted by molar-refractivity contribution is 0.141. The number of nitrogens with one attached hydrogen (secondary N) is 1. The second-order valence-corrected chi connectivity index (χ2v) is 5.43. The highest BCUT2D eigenvalue weighted by atomic mass is 19.1. The first-order chi connectivity index (χ1) is 11.1. The molecule has 0 aromatic heterocycles. The number of benzene rings is 1. The van der Waals surface area contributed by atoms with Crippen LogP contribution in [0, 0.1) is 5.82 Å². The number of carbonyl (C=O) groups excluding carboxylic acids is 1. The molecule has 6 nitrogen and oxygen atoms in total. The summed E-state index contributed by atoms with van der Waals surface area (Å²) in [5, 5.41) is 2.97. The van der Waals surface area contributed by atoms with Gasteiger partial charge in [0.15, 0.2) is 0 Å². The minimum absolute atomic E-state index is 0.218. The second-order valence-electron chi connectivity index (χ2n) is 5.43. The third-order valence-electron chi connectivity index (χ3n) is 3.74. The van der Waals surface area contributed by atoms with Crippen molar-refractivity contribution in [1.29, 1.82) is 0 Å². The fourth-order valence-corrected chi connectivity index (χ4v) is 2.51. The van der Waals surface area contributed by atoms with Gasteiger partial charge in [-0.2, -0.15) is 0 Å². The van der Waals surface area contributed by atoms with Crippen LogP contribution in [0.1, 0.15) is 6.92 Å². The van der Waals surface area contributed by atoms with E-state index in [1.807, 2.05) is 14.0 Å². The molecule has 23 heavy (non-hydrogen) atoms. The molecule has 0 spiro atoms. The first-order valence-corrected chi connectivity index (χ1v) is 7.78. The average Bonchev–Trinajstić information content (AvgIpc) is 2.88. The number of anilines is 2. The monoisotopic (exact) mass is 325 g/mol. The molecule has 0 aliphatic carbocycles. The molecule has 7 heteroatoms. The van der Waals surface area contributed by atoms with Crippen LogP contribution in [0.25, 0.3) is 0 Å². The zero-order valence-electron chi connectivity index (χ0n) is 13.8. The Balaban J connectivity index is 2.05. The van der Waals surface area contributed by atoms with E-state index in [0.717, 1.165) is 0 Å². The van der Waals surface area contributed by atoms with Crippen LogP contribution in [0.2, 0.25) is 0 Å². The Kier molecular flexibility index (Phi) is 6.18. The molecule has 1 aliphatic heterocycles. The molecule has 1 aliphatic rings. The molecular formula is C16H24FN3O3. The van der Waals surface area contributed by atoms with Crippen LogP contribution in [0.15, 0.2) is 18.2 Å². The molecule has 1 saturated heterocycles. The zero-order valence-corrected chi connectivity index (χ0v) is 13.8. The van der Waals surface area contributed by atoms with Gasteiger partial charge in [-0.3, -0.25) is 4.90 Å². The van der Waals surface area contributed by atoms with Crippen LogP contribution in [0.3, 0.4) is 0 Å². The summed E-state index contributed by atoms with van der Waals surface area (Å²) in [6.45, 7) is 4.69. The Labute approximate surface area is 136 Å². The van der Waals surface area contributed by atoms with Gasteiger partial charge >= 0.3 is 6.09 Å². The largest absolute Gasteiger partial charge is 0.443 e. The standard InChI is InChI=1S/C16H24FN3O3/c1-4-22-8-7-19(3)15-6-5-12(9-14(15)17)20-11-13(10-18-2)23-16(20)21/h5-6,9,13,18H,4,7-8,10-11H2,1-3H3/t13-/m0/s1. The maximum Gasteiger partial charge on any atom is 0.414 e. The molecule has 2 rings (SSSR count). The van der Waals surface area contributed by atoms with Crippen LogP contribution >= 0.6 is 0 Å². The second kappa shape index (κ2) is 8.12. The normalized spacial score (nSPS) is 17.5. The molecule has 1 amide bonds. The van der Waals surface area contributed by atoms with Gasteiger partial charge in [-0.15, -0.1) is 0 Å². The number of hydrogen-bond donors (Lipinski definition) is 1. The van der Waals surface area contributed by atoms with E-state index >= 15 is 0 Å². The first kappa shape index (κ1) is 17.5. The van der Waals surface area contributed by atoms with Crippen molar-refractivity contribution in [2.75, 3.05) is 56.7 Å². The van der Waals surface area contributed by atoms with Gasteiger partial charge in [-0.1, -0.05) is 0 Å². The van der Waals surface area contributed by atoms with Crippen molar-refractivity contribution in [3.63, 3.8) is 0 Å². The van der Waals surface area contributed by atoms with Crippen molar-refractivity contribution >= 4 is 17.5 Å². The van der Waals surface area contributed by atoms with E-state index in [2.05, 4.69) is 5.32 Å². The third kappa shape index (κ3) is 4.33. The van der Waals surface area contributed by atoms with Gasteiger partial charge in [0.1, 0.15) is 11.9 Å². The number of likely N-dealkylation sites (N-methyl/N-ethyl adjacent to an activating group) is 2. The molecule has 1 N–H and O–H groups in total. The minimum Gasteiger partial charge on any atom is -0.443 e. The maximum absolute atomic E-state index is 14.4. The number of halogens is 1. The van der Waals surface area contributed by atoms with E-state index in [9.17, 15) is 9.18 Å². The molecule has 0 bridgehead atoms. The smallest absolute Gasteiger partial charge is 0.414 e. The fourth-order valence-electron chi connectivity index (χ4n) is 2.51. The quantitative estimate of drug-likeness (QED) is 0.739. The highest BCUT2D eigenvalue weighted by Crippen LogP contribution is 2.27. The average molecular weight is 325 g/mol. The predicted octanol–water partition coefficient (Wildman–Crippen LogP) is 1.84. The predicted molar refractivity (Wildman–Crippen MR) is 87.7 cm³/mol. The number of carbonyl (C=O) groups is 1. The highest BCUT2D eigenvalue weighted by molar-refractivity contribution is 5.90. The van der Waals surface area contributed by atoms with Gasteiger partial charge in [0.2, 0.25) is 0 Å². The molecular weight excluding hydrogens is 301 g/mol. The van der Waals surface area contributed by atoms with Gasteiger partial charge in [-0.25, -0.2) is 9.18 Å². The van der Waals surface area contributed by atoms with E-state index in [-0.39, 0.29) is 11.9 Å². The Hall–Kier alpha value is -1.86. The molecule has 0 saturated carbocycles. The Bertz CT molecular complexity index is 541. The molecule has 1 atom stereocenters. The molecule has 1 aromatic rings. The summed E-state index contributed by atoms with van der Waals surface area (Å²) in [4.78, 5) is 15.1. The molecule has 1 aromatic carbocycles. The fraction of sp³-hybridized carbons (Fsp3) is 0.562. The molecule has 0 unspecified atom stereocenters. The summed E-state index contributed by atoms with van der Waals surface area (Å²) >= 11 is 0. The molecule has 0 radical (unpaired) electrons. The molecule has 128 valence electrons. The number of hydrogen-bond acceptors (Lipinski definition) is 5. The number of rotatable bonds is 8. The minimum atomic E-state index is -0.442. The third-order valence-corrected chi connectivity index (χ3v) is 3.74. The van der Waals surface area contributed by atoms with E-state index in [4.69, 9.17) is 9.47 Å². The van der Waals surface area contributed by atoms with E-state index in [1.165, 1.54) is 11.0 Å². The number of nitrogens with zero attached hydrogens (tertiary/aromatic N) is 2. The van der Waals surface area contributed by atoms with Crippen molar-refractivity contribution in [3.8, 4) is 0 Å². The van der Waals surface area contributed by atoms with Crippen molar-refractivity contribution in [2.45, 2.75) is 13.0 Å². The van der Waals surface area contributed by atoms with Gasteiger partial charge in [0, 0.05) is 26.7 Å². The summed E-state index contributed by atoms with van der Waals surface area (Å²) in [5.41, 5.74) is 0.987. The number of cyclic esters (lactones) is 1. The van der Waals surface area contributed by atoms with Crippen molar-refractivity contribution in [2.24, 2.45) is 0 Å². The van der Waals surface area contributed by atoms with Gasteiger partial charge < -0.3 is 19.7 Å². The van der Waals surface area contributed by atoms with Crippen LogP contribution in [-0.2, 0) is 9.47 Å². The topological polar surface area (TPSA) is 54.0 Å². The Morgan fingerprint density at radius 3 is 2.96 bits per heavy atom. The first-order valence-electron chi connectivity index (χ1n) is 7.78.